The van der Waals surface area contributed by atoms with Gasteiger partial charge in [-0.15, -0.1) is 37.7 Å². The van der Waals surface area contributed by atoms with Gasteiger partial charge in [-0.05, 0) is 0 Å². The average molecular weight is 442 g/mol. The number of hydrogen-bond acceptors (Lipinski definition) is 0. The van der Waals surface area contributed by atoms with Crippen LogP contribution in [0.2, 0.25) is 0 Å². The molecule has 0 radical (unpaired) electrons. The van der Waals surface area contributed by atoms with Gasteiger partial charge in [-0.25, -0.2) is 24.3 Å². The standard InChI is InChI=1S/2C5H5.2ClH.Hf.2H2Si/c2*1-2-4-5-3-1;;;;;/h2*1-3H,4H2;2*1H;;2*1H2/q2*-1;;;;;. The zero-order chi connectivity index (χ0) is 9.78. The Morgan fingerprint density at radius 2 is 1.20 bits per heavy atom. The molecule has 0 atom stereocenters. The first-order valence-electron chi connectivity index (χ1n) is 4.14. The Morgan fingerprint density at radius 3 is 1.27 bits per heavy atom. The molecular formula is C10H16Cl2HfSi2-2. The average Bonchev–Trinajstić information content (AvgIpc) is 2.85. The monoisotopic (exact) mass is 442 g/mol. The third kappa shape index (κ3) is 20.8. The summed E-state index contributed by atoms with van der Waals surface area (Å²) in [6.07, 6.45) is 20.0. The summed E-state index contributed by atoms with van der Waals surface area (Å²) in [6.45, 7) is 4.36. The maximum atomic E-state index is 2.99. The summed E-state index contributed by atoms with van der Waals surface area (Å²) in [5.41, 5.74) is 0. The topological polar surface area (TPSA) is 0 Å². The summed E-state index contributed by atoms with van der Waals surface area (Å²) in [5.74, 6) is 0. The predicted molar refractivity (Wildman–Crippen MR) is 74.7 cm³/mol. The van der Waals surface area contributed by atoms with E-state index in [1.807, 2.05) is 24.3 Å². The van der Waals surface area contributed by atoms with Gasteiger partial charge in [0.1, 0.15) is 0 Å². The zero-order valence-corrected chi connectivity index (χ0v) is 16.7. The van der Waals surface area contributed by atoms with E-state index >= 15 is 0 Å². The van der Waals surface area contributed by atoms with Crippen molar-refractivity contribution in [3.05, 3.63) is 48.6 Å². The van der Waals surface area contributed by atoms with Crippen molar-refractivity contribution < 1.29 is 20.2 Å². The van der Waals surface area contributed by atoms with Crippen molar-refractivity contribution in [3.8, 4) is 0 Å². The van der Waals surface area contributed by atoms with Gasteiger partial charge in [0.05, 0.1) is 0 Å². The minimum atomic E-state index is 0. The molecule has 0 N–H and O–H groups in total. The summed E-state index contributed by atoms with van der Waals surface area (Å²) < 4.78 is 0. The van der Waals surface area contributed by atoms with Crippen LogP contribution in [0.15, 0.2) is 36.5 Å². The van der Waals surface area contributed by atoms with Crippen LogP contribution >= 0.6 is 24.8 Å². The van der Waals surface area contributed by atoms with E-state index < -0.39 is 0 Å². The van der Waals surface area contributed by atoms with Gasteiger partial charge < -0.3 is 0 Å². The van der Waals surface area contributed by atoms with E-state index in [2.05, 4.69) is 38.2 Å². The first kappa shape index (κ1) is 21.2. The maximum absolute atomic E-state index is 2.99. The van der Waals surface area contributed by atoms with Gasteiger partial charge in [0, 0.05) is 0 Å². The van der Waals surface area contributed by atoms with Crippen molar-refractivity contribution >= 4 is 38.7 Å². The van der Waals surface area contributed by atoms with Crippen LogP contribution in [0.4, 0.5) is 0 Å². The molecule has 2 rings (SSSR count). The third-order valence-electron chi connectivity index (χ3n) is 1.17. The summed E-state index contributed by atoms with van der Waals surface area (Å²) in [4.78, 5) is 0. The van der Waals surface area contributed by atoms with E-state index in [1.165, 1.54) is 0 Å². The molecule has 15 heavy (non-hydrogen) atoms. The van der Waals surface area contributed by atoms with Gasteiger partial charge >= 0.3 is 34.0 Å². The summed E-state index contributed by atoms with van der Waals surface area (Å²) >= 11 is 0.139. The Labute approximate surface area is 119 Å². The summed E-state index contributed by atoms with van der Waals surface area (Å²) in [7, 11) is 0. The first-order chi connectivity index (χ1) is 6.41. The molecule has 0 heterocycles. The van der Waals surface area contributed by atoms with Crippen molar-refractivity contribution in [3.63, 3.8) is 0 Å². The Bertz CT molecular complexity index is 223. The second-order valence-electron chi connectivity index (χ2n) is 2.26. The van der Waals surface area contributed by atoms with Crippen LogP contribution in [0, 0.1) is 12.2 Å². The molecule has 0 aromatic carbocycles. The van der Waals surface area contributed by atoms with E-state index in [0.717, 1.165) is 12.8 Å². The molecule has 0 saturated heterocycles. The Hall–Kier alpha value is 0.844. The second kappa shape index (κ2) is 20.3. The van der Waals surface area contributed by atoms with Crippen LogP contribution in [0.3, 0.4) is 0 Å². The van der Waals surface area contributed by atoms with Crippen molar-refractivity contribution in [2.24, 2.45) is 0 Å². The molecule has 0 amide bonds. The van der Waals surface area contributed by atoms with Crippen LogP contribution < -0.4 is 0 Å². The van der Waals surface area contributed by atoms with Crippen molar-refractivity contribution in [1.82, 2.24) is 0 Å². The molecule has 0 unspecified atom stereocenters. The van der Waals surface area contributed by atoms with Gasteiger partial charge in [0.2, 0.25) is 0 Å². The number of allylic oxidation sites excluding steroid dienone is 8. The van der Waals surface area contributed by atoms with Crippen molar-refractivity contribution in [1.29, 1.82) is 0 Å². The number of hydrogen-bond donors (Lipinski definition) is 0. The van der Waals surface area contributed by atoms with Gasteiger partial charge in [0.15, 0.2) is 0 Å². The van der Waals surface area contributed by atoms with Crippen LogP contribution in [0.1, 0.15) is 12.8 Å². The molecular weight excluding hydrogens is 426 g/mol. The van der Waals surface area contributed by atoms with Gasteiger partial charge in [-0.2, -0.15) is 12.2 Å². The molecule has 0 aromatic rings. The first-order valence-corrected chi connectivity index (χ1v) is 20.8. The normalized spacial score (nSPS) is 12.3. The fourth-order valence-electron chi connectivity index (χ4n) is 0.680. The van der Waals surface area contributed by atoms with Crippen LogP contribution in [-0.2, 0) is 20.2 Å². The van der Waals surface area contributed by atoms with Crippen molar-refractivity contribution in [2.75, 3.05) is 0 Å². The molecule has 0 nitrogen and oxygen atoms in total. The minimum absolute atomic E-state index is 0. The van der Waals surface area contributed by atoms with E-state index in [9.17, 15) is 0 Å². The van der Waals surface area contributed by atoms with Crippen molar-refractivity contribution in [2.45, 2.75) is 12.8 Å². The molecule has 0 bridgehead atoms. The van der Waals surface area contributed by atoms with E-state index in [0.29, 0.717) is 0 Å². The SMILES string of the molecule is Cl.Cl.[C-]1=CC=CC1.[C-]1=CC=CC1.[SiH2]=[Hf]=[SiH2]. The fourth-order valence-corrected chi connectivity index (χ4v) is 0.680. The quantitative estimate of drug-likeness (QED) is 0.396. The molecule has 84 valence electrons. The van der Waals surface area contributed by atoms with E-state index in [1.54, 1.807) is 0 Å². The Morgan fingerprint density at radius 1 is 0.867 bits per heavy atom. The number of halogens is 2. The van der Waals surface area contributed by atoms with Gasteiger partial charge in [-0.3, -0.25) is 12.2 Å². The predicted octanol–water partition coefficient (Wildman–Crippen LogP) is 1.62. The van der Waals surface area contributed by atoms with Gasteiger partial charge in [-0.1, -0.05) is 0 Å². The van der Waals surface area contributed by atoms with Crippen LogP contribution in [-0.4, -0.2) is 13.9 Å². The molecule has 5 heteroatoms. The molecule has 0 spiro atoms. The molecule has 0 saturated carbocycles. The Balaban J connectivity index is -0.000000140. The fraction of sp³-hybridized carbons (Fsp3) is 0.200. The van der Waals surface area contributed by atoms with Gasteiger partial charge in [0.25, 0.3) is 0 Å². The molecule has 0 aromatic heterocycles. The molecule has 2 aliphatic rings. The Kier molecular flexibility index (Phi) is 28.6. The zero-order valence-electron chi connectivity index (χ0n) is 8.61. The summed E-state index contributed by atoms with van der Waals surface area (Å²) in [6, 6.07) is 0. The number of rotatable bonds is 0. The second-order valence-corrected chi connectivity index (χ2v) is 20.4. The molecule has 2 aliphatic carbocycles. The van der Waals surface area contributed by atoms with E-state index in [-0.39, 0.29) is 45.0 Å². The van der Waals surface area contributed by atoms with Crippen LogP contribution in [0.5, 0.6) is 0 Å². The summed E-state index contributed by atoms with van der Waals surface area (Å²) in [5, 5.41) is 0. The molecule has 0 fully saturated rings. The molecule has 0 aliphatic heterocycles. The van der Waals surface area contributed by atoms with Crippen LogP contribution in [0.25, 0.3) is 0 Å². The third-order valence-corrected chi connectivity index (χ3v) is 1.17. The van der Waals surface area contributed by atoms with E-state index in [4.69, 9.17) is 0 Å².